The Balaban J connectivity index is 1.81. The molecule has 4 rings (SSSR count). The highest BCUT2D eigenvalue weighted by Crippen LogP contribution is 2.33. The fraction of sp³-hybridized carbons (Fsp3) is 0.273. The second-order valence-electron chi connectivity index (χ2n) is 7.21. The average Bonchev–Trinajstić information content (AvgIpc) is 3.08. The van der Waals surface area contributed by atoms with Crippen molar-refractivity contribution in [3.63, 3.8) is 0 Å². The van der Waals surface area contributed by atoms with Gasteiger partial charge in [0.2, 0.25) is 5.91 Å². The van der Waals surface area contributed by atoms with Crippen LogP contribution in [0.1, 0.15) is 23.7 Å². The number of hydrogen-bond donors (Lipinski definition) is 0. The SMILES string of the molecule is COc1cc(-c2nn(Cc3ccc(F)cc3F)c3c2CN(C(C)=O)CC3)ccc1F. The number of amides is 1. The van der Waals surface area contributed by atoms with Gasteiger partial charge in [-0.15, -0.1) is 0 Å². The molecule has 0 atom stereocenters. The highest BCUT2D eigenvalue weighted by Gasteiger charge is 2.27. The molecule has 0 saturated carbocycles. The minimum absolute atomic E-state index is 0.0550. The summed E-state index contributed by atoms with van der Waals surface area (Å²) in [6.45, 7) is 2.49. The fourth-order valence-corrected chi connectivity index (χ4v) is 3.74. The monoisotopic (exact) mass is 415 g/mol. The predicted octanol–water partition coefficient (Wildman–Crippen LogP) is 3.93. The smallest absolute Gasteiger partial charge is 0.219 e. The van der Waals surface area contributed by atoms with E-state index in [-0.39, 0.29) is 18.2 Å². The molecule has 0 N–H and O–H groups in total. The molecule has 156 valence electrons. The summed E-state index contributed by atoms with van der Waals surface area (Å²) in [4.78, 5) is 13.6. The highest BCUT2D eigenvalue weighted by atomic mass is 19.1. The molecule has 1 amide bonds. The average molecular weight is 415 g/mol. The van der Waals surface area contributed by atoms with Crippen LogP contribution in [0.3, 0.4) is 0 Å². The predicted molar refractivity (Wildman–Crippen MR) is 104 cm³/mol. The van der Waals surface area contributed by atoms with Crippen LogP contribution < -0.4 is 4.74 Å². The van der Waals surface area contributed by atoms with Crippen molar-refractivity contribution in [3.8, 4) is 17.0 Å². The molecule has 30 heavy (non-hydrogen) atoms. The number of benzene rings is 2. The van der Waals surface area contributed by atoms with Crippen LogP contribution in [0.4, 0.5) is 13.2 Å². The summed E-state index contributed by atoms with van der Waals surface area (Å²) in [5.74, 6) is -1.76. The van der Waals surface area contributed by atoms with Gasteiger partial charge >= 0.3 is 0 Å². The molecule has 2 aromatic carbocycles. The van der Waals surface area contributed by atoms with Gasteiger partial charge < -0.3 is 9.64 Å². The van der Waals surface area contributed by atoms with Crippen molar-refractivity contribution in [1.29, 1.82) is 0 Å². The summed E-state index contributed by atoms with van der Waals surface area (Å²) in [6.07, 6.45) is 0.545. The number of carbonyl (C=O) groups is 1. The lowest BCUT2D eigenvalue weighted by atomic mass is 10.0. The number of nitrogens with zero attached hydrogens (tertiary/aromatic N) is 3. The molecule has 0 aliphatic carbocycles. The first-order valence-electron chi connectivity index (χ1n) is 9.49. The number of aromatic nitrogens is 2. The Morgan fingerprint density at radius 1 is 1.13 bits per heavy atom. The van der Waals surface area contributed by atoms with Crippen molar-refractivity contribution in [2.75, 3.05) is 13.7 Å². The van der Waals surface area contributed by atoms with E-state index in [1.54, 1.807) is 21.7 Å². The van der Waals surface area contributed by atoms with Gasteiger partial charge in [0.05, 0.1) is 19.3 Å². The van der Waals surface area contributed by atoms with E-state index in [0.29, 0.717) is 36.3 Å². The zero-order valence-corrected chi connectivity index (χ0v) is 16.6. The molecule has 0 saturated heterocycles. The van der Waals surface area contributed by atoms with Gasteiger partial charge in [-0.2, -0.15) is 5.10 Å². The summed E-state index contributed by atoms with van der Waals surface area (Å²) < 4.78 is 48.1. The topological polar surface area (TPSA) is 47.4 Å². The Hall–Kier alpha value is -3.29. The lowest BCUT2D eigenvalue weighted by Gasteiger charge is -2.27. The van der Waals surface area contributed by atoms with Crippen LogP contribution in [-0.4, -0.2) is 34.2 Å². The van der Waals surface area contributed by atoms with Crippen molar-refractivity contribution in [1.82, 2.24) is 14.7 Å². The largest absolute Gasteiger partial charge is 0.494 e. The number of fused-ring (bicyclic) bond motifs is 1. The van der Waals surface area contributed by atoms with Crippen LogP contribution in [-0.2, 0) is 24.3 Å². The molecule has 1 aliphatic rings. The van der Waals surface area contributed by atoms with Crippen molar-refractivity contribution < 1.29 is 22.7 Å². The van der Waals surface area contributed by atoms with E-state index in [1.165, 1.54) is 32.2 Å². The number of carbonyl (C=O) groups excluding carboxylic acids is 1. The first-order chi connectivity index (χ1) is 14.4. The minimum atomic E-state index is -0.648. The third kappa shape index (κ3) is 3.65. The van der Waals surface area contributed by atoms with Crippen LogP contribution in [0, 0.1) is 17.5 Å². The Labute approximate surface area is 171 Å². The molecule has 1 aliphatic heterocycles. The van der Waals surface area contributed by atoms with E-state index in [1.807, 2.05) is 0 Å². The van der Waals surface area contributed by atoms with Gasteiger partial charge in [-0.05, 0) is 24.3 Å². The maximum Gasteiger partial charge on any atom is 0.219 e. The molecule has 2 heterocycles. The summed E-state index contributed by atoms with van der Waals surface area (Å²) in [7, 11) is 1.38. The van der Waals surface area contributed by atoms with Gasteiger partial charge in [-0.1, -0.05) is 6.07 Å². The Morgan fingerprint density at radius 3 is 2.63 bits per heavy atom. The minimum Gasteiger partial charge on any atom is -0.494 e. The number of ether oxygens (including phenoxy) is 1. The molecule has 0 spiro atoms. The molecule has 5 nitrogen and oxygen atoms in total. The van der Waals surface area contributed by atoms with Gasteiger partial charge in [-0.25, -0.2) is 13.2 Å². The molecule has 8 heteroatoms. The van der Waals surface area contributed by atoms with E-state index in [4.69, 9.17) is 4.74 Å². The van der Waals surface area contributed by atoms with Crippen LogP contribution in [0.5, 0.6) is 5.75 Å². The normalized spacial score (nSPS) is 13.3. The Morgan fingerprint density at radius 2 is 1.93 bits per heavy atom. The number of hydrogen-bond acceptors (Lipinski definition) is 3. The maximum absolute atomic E-state index is 14.2. The second-order valence-corrected chi connectivity index (χ2v) is 7.21. The Bertz CT molecular complexity index is 1130. The third-order valence-electron chi connectivity index (χ3n) is 5.34. The zero-order valence-electron chi connectivity index (χ0n) is 16.6. The van der Waals surface area contributed by atoms with Crippen molar-refractivity contribution in [3.05, 3.63) is 70.7 Å². The molecular weight excluding hydrogens is 395 g/mol. The summed E-state index contributed by atoms with van der Waals surface area (Å²) >= 11 is 0. The summed E-state index contributed by atoms with van der Waals surface area (Å²) in [5.41, 5.74) is 3.21. The quantitative estimate of drug-likeness (QED) is 0.649. The van der Waals surface area contributed by atoms with Crippen LogP contribution in [0.2, 0.25) is 0 Å². The molecule has 1 aromatic heterocycles. The third-order valence-corrected chi connectivity index (χ3v) is 5.34. The molecule has 0 unspecified atom stereocenters. The molecular formula is C22H20F3N3O2. The number of halogens is 3. The van der Waals surface area contributed by atoms with Gasteiger partial charge in [0.15, 0.2) is 11.6 Å². The number of methoxy groups -OCH3 is 1. The van der Waals surface area contributed by atoms with Crippen LogP contribution in [0.25, 0.3) is 11.3 Å². The first kappa shape index (κ1) is 20.0. The second kappa shape index (κ2) is 7.85. The molecule has 0 bridgehead atoms. The van der Waals surface area contributed by atoms with Gasteiger partial charge in [-0.3, -0.25) is 9.48 Å². The van der Waals surface area contributed by atoms with E-state index < -0.39 is 17.5 Å². The molecule has 3 aromatic rings. The lowest BCUT2D eigenvalue weighted by molar-refractivity contribution is -0.129. The lowest BCUT2D eigenvalue weighted by Crippen LogP contribution is -2.34. The first-order valence-corrected chi connectivity index (χ1v) is 9.49. The highest BCUT2D eigenvalue weighted by molar-refractivity contribution is 5.75. The molecule has 0 radical (unpaired) electrons. The van der Waals surface area contributed by atoms with Gasteiger partial charge in [0.25, 0.3) is 0 Å². The van der Waals surface area contributed by atoms with Crippen molar-refractivity contribution in [2.45, 2.75) is 26.4 Å². The van der Waals surface area contributed by atoms with Crippen LogP contribution >= 0.6 is 0 Å². The summed E-state index contributed by atoms with van der Waals surface area (Å²) in [6, 6.07) is 7.88. The number of rotatable bonds is 4. The standard InChI is InChI=1S/C22H20F3N3O2/c1-13(29)27-8-7-20-17(12-27)22(14-4-6-18(24)21(9-14)30-2)26-28(20)11-15-3-5-16(23)10-19(15)25/h3-6,9-10H,7-8,11-12H2,1-2H3. The molecule has 0 fully saturated rings. The van der Waals surface area contributed by atoms with E-state index in [0.717, 1.165) is 17.3 Å². The van der Waals surface area contributed by atoms with Gasteiger partial charge in [0.1, 0.15) is 11.6 Å². The van der Waals surface area contributed by atoms with E-state index in [2.05, 4.69) is 5.10 Å². The van der Waals surface area contributed by atoms with E-state index in [9.17, 15) is 18.0 Å². The maximum atomic E-state index is 14.2. The Kier molecular flexibility index (Phi) is 5.24. The summed E-state index contributed by atoms with van der Waals surface area (Å²) in [5, 5.41) is 4.66. The van der Waals surface area contributed by atoms with E-state index >= 15 is 0 Å². The van der Waals surface area contributed by atoms with Crippen LogP contribution in [0.15, 0.2) is 36.4 Å². The van der Waals surface area contributed by atoms with Gasteiger partial charge in [0, 0.05) is 54.9 Å². The van der Waals surface area contributed by atoms with Crippen molar-refractivity contribution in [2.24, 2.45) is 0 Å². The zero-order chi connectivity index (χ0) is 21.4. The fourth-order valence-electron chi connectivity index (χ4n) is 3.74. The van der Waals surface area contributed by atoms with Crippen molar-refractivity contribution >= 4 is 5.91 Å².